The summed E-state index contributed by atoms with van der Waals surface area (Å²) in [5, 5.41) is 45.7. The third kappa shape index (κ3) is 4.02. The summed E-state index contributed by atoms with van der Waals surface area (Å²) in [6.45, 7) is 1.30. The van der Waals surface area contributed by atoms with Crippen LogP contribution in [0.4, 0.5) is 5.69 Å². The number of fused-ring (bicyclic) bond motifs is 3. The van der Waals surface area contributed by atoms with E-state index in [1.807, 2.05) is 0 Å². The van der Waals surface area contributed by atoms with E-state index in [-0.39, 0.29) is 29.5 Å². The summed E-state index contributed by atoms with van der Waals surface area (Å²) in [6.07, 6.45) is 0.107. The lowest BCUT2D eigenvalue weighted by molar-refractivity contribution is -0.153. The van der Waals surface area contributed by atoms with Crippen LogP contribution >= 0.6 is 0 Å². The number of nitrogens with zero attached hydrogens (tertiary/aromatic N) is 3. The van der Waals surface area contributed by atoms with Crippen LogP contribution in [0.1, 0.15) is 27.9 Å². The van der Waals surface area contributed by atoms with Crippen LogP contribution in [0.3, 0.4) is 0 Å². The first kappa shape index (κ1) is 28.6. The lowest BCUT2D eigenvalue weighted by Gasteiger charge is -2.50. The molecule has 1 aliphatic heterocycles. The zero-order valence-corrected chi connectivity index (χ0v) is 23.3. The van der Waals surface area contributed by atoms with Crippen LogP contribution < -0.4 is 10.6 Å². The van der Waals surface area contributed by atoms with E-state index in [9.17, 15) is 39.6 Å². The van der Waals surface area contributed by atoms with Crippen LogP contribution in [0.5, 0.6) is 5.75 Å². The number of rotatable bonds is 4. The second-order valence-electron chi connectivity index (χ2n) is 11.4. The highest BCUT2D eigenvalue weighted by Crippen LogP contribution is 2.54. The molecule has 0 aromatic heterocycles. The molecule has 1 aromatic carbocycles. The van der Waals surface area contributed by atoms with Crippen LogP contribution in [0.15, 0.2) is 23.0 Å². The first-order valence-corrected chi connectivity index (χ1v) is 13.3. The summed E-state index contributed by atoms with van der Waals surface area (Å²) < 4.78 is 5.32. The van der Waals surface area contributed by atoms with Gasteiger partial charge in [-0.25, -0.2) is 0 Å². The molecule has 220 valence electrons. The van der Waals surface area contributed by atoms with E-state index in [1.165, 1.54) is 9.80 Å². The van der Waals surface area contributed by atoms with E-state index in [4.69, 9.17) is 10.5 Å². The number of Topliss-reactive ketones (excluding diaryl/α,β-unsaturated/α-hetero) is 2. The Kier molecular flexibility index (Phi) is 6.87. The van der Waals surface area contributed by atoms with Crippen molar-refractivity contribution in [1.29, 1.82) is 0 Å². The molecule has 2 amide bonds. The molecule has 4 aliphatic rings. The number of carbonyl (C=O) groups is 4. The first-order chi connectivity index (χ1) is 19.2. The van der Waals surface area contributed by atoms with Crippen molar-refractivity contribution in [3.63, 3.8) is 0 Å². The number of nitrogens with two attached hydrogens (primary N) is 1. The topological polar surface area (TPSA) is 194 Å². The lowest BCUT2D eigenvalue weighted by Crippen LogP contribution is -2.65. The largest absolute Gasteiger partial charge is 0.508 e. The molecule has 1 saturated carbocycles. The van der Waals surface area contributed by atoms with Crippen molar-refractivity contribution in [1.82, 2.24) is 9.80 Å². The number of hydrogen-bond donors (Lipinski definition) is 5. The van der Waals surface area contributed by atoms with E-state index in [1.54, 1.807) is 39.2 Å². The molecular weight excluding hydrogens is 536 g/mol. The Morgan fingerprint density at radius 2 is 1.73 bits per heavy atom. The van der Waals surface area contributed by atoms with Gasteiger partial charge >= 0.3 is 0 Å². The SMILES string of the molecule is CN(C)c1cc(C(=O)N2CCOCC2)c(O)c2c1CC1CC3[C@@H](N(C)C)C(=O)C(C(N)=O)=C(O)[C@]3(O)C(=O)C1=C2O. The number of carbonyl (C=O) groups excluding carboxylic acids is 4. The number of aromatic hydroxyl groups is 1. The molecule has 1 heterocycles. The molecule has 6 N–H and O–H groups in total. The number of aliphatic hydroxyl groups excluding tert-OH is 2. The number of phenols is 1. The van der Waals surface area contributed by atoms with Crippen molar-refractivity contribution in [2.24, 2.45) is 17.6 Å². The molecule has 5 rings (SSSR count). The van der Waals surface area contributed by atoms with E-state index in [0.717, 1.165) is 0 Å². The number of primary amides is 1. The van der Waals surface area contributed by atoms with Gasteiger partial charge in [0, 0.05) is 44.4 Å². The van der Waals surface area contributed by atoms with Crippen molar-refractivity contribution >= 4 is 34.8 Å². The van der Waals surface area contributed by atoms with Crippen molar-refractivity contribution in [2.45, 2.75) is 24.5 Å². The van der Waals surface area contributed by atoms with Gasteiger partial charge in [0.1, 0.15) is 22.8 Å². The Bertz CT molecular complexity index is 1440. The molecule has 0 bridgehead atoms. The van der Waals surface area contributed by atoms with Gasteiger partial charge in [-0.15, -0.1) is 0 Å². The molecule has 13 heteroatoms. The minimum Gasteiger partial charge on any atom is -0.508 e. The Labute approximate surface area is 236 Å². The van der Waals surface area contributed by atoms with Crippen LogP contribution in [-0.2, 0) is 25.5 Å². The van der Waals surface area contributed by atoms with E-state index in [2.05, 4.69) is 0 Å². The standard InChI is InChI=1S/C28H34N4O9/c1-30(2)16-11-14(27(39)32-5-7-41-8-6-32)21(33)18-13(16)9-12-10-15-20(31(3)4)23(35)19(26(29)38)25(37)28(15,40)24(36)17(12)22(18)34/h11-12,15,20,33-34,37,40H,5-10H2,1-4H3,(H2,29,38)/t12?,15?,20-,28-/m1/s1. The maximum atomic E-state index is 14.1. The summed E-state index contributed by atoms with van der Waals surface area (Å²) in [5.41, 5.74) is 2.32. The number of amides is 2. The minimum atomic E-state index is -2.73. The minimum absolute atomic E-state index is 0.0200. The number of likely N-dealkylation sites (N-methyl/N-ethyl adjacent to an activating group) is 1. The van der Waals surface area contributed by atoms with Gasteiger partial charge in [-0.2, -0.15) is 0 Å². The summed E-state index contributed by atoms with van der Waals surface area (Å²) >= 11 is 0. The van der Waals surface area contributed by atoms with E-state index >= 15 is 0 Å². The molecule has 13 nitrogen and oxygen atoms in total. The maximum Gasteiger partial charge on any atom is 0.257 e. The van der Waals surface area contributed by atoms with Gasteiger partial charge in [-0.3, -0.25) is 24.1 Å². The van der Waals surface area contributed by atoms with Gasteiger partial charge in [0.25, 0.3) is 11.8 Å². The van der Waals surface area contributed by atoms with Gasteiger partial charge in [0.05, 0.1) is 30.4 Å². The summed E-state index contributed by atoms with van der Waals surface area (Å²) in [6, 6.07) is 0.383. The highest BCUT2D eigenvalue weighted by molar-refractivity contribution is 6.24. The van der Waals surface area contributed by atoms with Gasteiger partial charge in [0.15, 0.2) is 11.4 Å². The Hall–Kier alpha value is -3.94. The molecule has 3 aliphatic carbocycles. The lowest BCUT2D eigenvalue weighted by atomic mass is 9.57. The van der Waals surface area contributed by atoms with Gasteiger partial charge in [0.2, 0.25) is 5.78 Å². The third-order valence-electron chi connectivity index (χ3n) is 8.71. The number of ketones is 2. The van der Waals surface area contributed by atoms with Crippen LogP contribution in [0.25, 0.3) is 5.76 Å². The number of benzene rings is 1. The average Bonchev–Trinajstić information content (AvgIpc) is 2.90. The smallest absolute Gasteiger partial charge is 0.257 e. The maximum absolute atomic E-state index is 14.1. The Morgan fingerprint density at radius 3 is 2.29 bits per heavy atom. The summed E-state index contributed by atoms with van der Waals surface area (Å²) in [5.74, 6) is -7.88. The van der Waals surface area contributed by atoms with Crippen molar-refractivity contribution in [2.75, 3.05) is 59.4 Å². The van der Waals surface area contributed by atoms with Crippen molar-refractivity contribution in [3.05, 3.63) is 39.7 Å². The number of ether oxygens (including phenoxy) is 1. The predicted octanol–water partition coefficient (Wildman–Crippen LogP) is -0.498. The number of anilines is 1. The quantitative estimate of drug-likeness (QED) is 0.293. The first-order valence-electron chi connectivity index (χ1n) is 13.3. The fourth-order valence-corrected chi connectivity index (χ4v) is 6.79. The number of morpholine rings is 1. The fraction of sp³-hybridized carbons (Fsp3) is 0.500. The molecule has 2 unspecified atom stereocenters. The summed E-state index contributed by atoms with van der Waals surface area (Å²) in [4.78, 5) is 57.6. The highest BCUT2D eigenvalue weighted by atomic mass is 16.5. The van der Waals surface area contributed by atoms with Crippen LogP contribution in [-0.4, -0.2) is 120 Å². The molecule has 0 spiro atoms. The zero-order chi connectivity index (χ0) is 30.1. The van der Waals surface area contributed by atoms with Gasteiger partial charge in [-0.05, 0) is 44.5 Å². The predicted molar refractivity (Wildman–Crippen MR) is 145 cm³/mol. The molecule has 1 saturated heterocycles. The van der Waals surface area contributed by atoms with Crippen molar-refractivity contribution in [3.8, 4) is 5.75 Å². The number of aliphatic hydroxyl groups is 3. The molecule has 4 atom stereocenters. The van der Waals surface area contributed by atoms with Crippen LogP contribution in [0.2, 0.25) is 0 Å². The van der Waals surface area contributed by atoms with Crippen LogP contribution in [0, 0.1) is 11.8 Å². The van der Waals surface area contributed by atoms with Crippen molar-refractivity contribution < 1.29 is 44.3 Å². The third-order valence-corrected chi connectivity index (χ3v) is 8.71. The second-order valence-corrected chi connectivity index (χ2v) is 11.4. The number of hydrogen-bond acceptors (Lipinski definition) is 11. The van der Waals surface area contributed by atoms with Gasteiger partial charge < -0.3 is 40.7 Å². The van der Waals surface area contributed by atoms with E-state index < -0.39 is 69.7 Å². The fourth-order valence-electron chi connectivity index (χ4n) is 6.79. The zero-order valence-electron chi connectivity index (χ0n) is 23.3. The monoisotopic (exact) mass is 570 g/mol. The van der Waals surface area contributed by atoms with Gasteiger partial charge in [-0.1, -0.05) is 0 Å². The second kappa shape index (κ2) is 9.86. The van der Waals surface area contributed by atoms with E-state index in [0.29, 0.717) is 37.6 Å². The normalized spacial score (nSPS) is 28.0. The molecule has 2 fully saturated rings. The highest BCUT2D eigenvalue weighted by Gasteiger charge is 2.64. The molecule has 41 heavy (non-hydrogen) atoms. The molecule has 1 aromatic rings. The Balaban J connectivity index is 1.72. The average molecular weight is 571 g/mol. The number of phenolic OH excluding ortho intramolecular Hbond substituents is 1. The Morgan fingerprint density at radius 1 is 1.10 bits per heavy atom. The molecular formula is C28H34N4O9. The summed E-state index contributed by atoms with van der Waals surface area (Å²) in [7, 11) is 6.57. The molecule has 0 radical (unpaired) electrons.